The Bertz CT molecular complexity index is 915. The molecule has 0 aliphatic rings. The highest BCUT2D eigenvalue weighted by atomic mass is 35.5. The summed E-state index contributed by atoms with van der Waals surface area (Å²) in [7, 11) is 0.715. The van der Waals surface area contributed by atoms with Gasteiger partial charge in [0.15, 0.2) is 0 Å². The van der Waals surface area contributed by atoms with Gasteiger partial charge in [-0.25, -0.2) is 17.1 Å². The normalized spacial score (nSPS) is 12.9. The molecule has 26 heavy (non-hydrogen) atoms. The van der Waals surface area contributed by atoms with Gasteiger partial charge in [-0.2, -0.15) is 0 Å². The Labute approximate surface area is 158 Å². The number of nitrogens with zero attached hydrogens (tertiary/aromatic N) is 2. The summed E-state index contributed by atoms with van der Waals surface area (Å²) < 4.78 is 38.8. The van der Waals surface area contributed by atoms with Crippen LogP contribution in [0.3, 0.4) is 0 Å². The quantitative estimate of drug-likeness (QED) is 0.773. The molecular formula is C18H20ClFN2O3S. The number of amides is 1. The Balaban J connectivity index is 2.38. The van der Waals surface area contributed by atoms with Gasteiger partial charge in [-0.3, -0.25) is 4.79 Å². The van der Waals surface area contributed by atoms with Crippen LogP contribution < -0.4 is 0 Å². The highest BCUT2D eigenvalue weighted by Crippen LogP contribution is 2.26. The van der Waals surface area contributed by atoms with Crippen molar-refractivity contribution in [2.24, 2.45) is 0 Å². The van der Waals surface area contributed by atoms with Crippen LogP contribution in [0.1, 0.15) is 28.9 Å². The number of hydrogen-bond donors (Lipinski definition) is 0. The zero-order valence-electron chi connectivity index (χ0n) is 14.9. The second kappa shape index (κ2) is 7.73. The predicted molar refractivity (Wildman–Crippen MR) is 99.2 cm³/mol. The van der Waals surface area contributed by atoms with Crippen LogP contribution in [0.15, 0.2) is 47.4 Å². The van der Waals surface area contributed by atoms with E-state index in [1.54, 1.807) is 26.1 Å². The maximum absolute atomic E-state index is 13.1. The van der Waals surface area contributed by atoms with Crippen LogP contribution in [-0.4, -0.2) is 44.7 Å². The van der Waals surface area contributed by atoms with E-state index >= 15 is 0 Å². The smallest absolute Gasteiger partial charge is 0.255 e. The maximum Gasteiger partial charge on any atom is 0.255 e. The number of benzene rings is 2. The molecule has 0 N–H and O–H groups in total. The molecule has 0 saturated carbocycles. The van der Waals surface area contributed by atoms with Crippen molar-refractivity contribution in [3.63, 3.8) is 0 Å². The second-order valence-corrected chi connectivity index (χ2v) is 8.63. The van der Waals surface area contributed by atoms with Gasteiger partial charge in [0.25, 0.3) is 5.91 Å². The van der Waals surface area contributed by atoms with Gasteiger partial charge in [0.2, 0.25) is 10.0 Å². The lowest BCUT2D eigenvalue weighted by Gasteiger charge is -2.26. The number of halogens is 2. The fourth-order valence-corrected chi connectivity index (χ4v) is 3.50. The third-order valence-corrected chi connectivity index (χ3v) is 6.34. The summed E-state index contributed by atoms with van der Waals surface area (Å²) in [4.78, 5) is 14.3. The van der Waals surface area contributed by atoms with Crippen molar-refractivity contribution >= 4 is 27.5 Å². The molecule has 140 valence electrons. The summed E-state index contributed by atoms with van der Waals surface area (Å²) in [6.45, 7) is 1.79. The van der Waals surface area contributed by atoms with Crippen LogP contribution in [0.5, 0.6) is 0 Å². The molecular weight excluding hydrogens is 379 g/mol. The SMILES string of the molecule is CC(c1ccc(F)cc1)N(C)C(=O)c1cc(S(=O)(=O)N(C)C)ccc1Cl. The predicted octanol–water partition coefficient (Wildman–Crippen LogP) is 3.56. The molecule has 2 rings (SSSR count). The first-order chi connectivity index (χ1) is 12.1. The molecule has 0 spiro atoms. The third-order valence-electron chi connectivity index (χ3n) is 4.20. The summed E-state index contributed by atoms with van der Waals surface area (Å²) in [5.74, 6) is -0.790. The summed E-state index contributed by atoms with van der Waals surface area (Å²) in [6.07, 6.45) is 0. The molecule has 0 heterocycles. The summed E-state index contributed by atoms with van der Waals surface area (Å²) >= 11 is 6.13. The summed E-state index contributed by atoms with van der Waals surface area (Å²) in [5.41, 5.74) is 0.835. The Kier molecular flexibility index (Phi) is 6.05. The van der Waals surface area contributed by atoms with Crippen molar-refractivity contribution in [2.45, 2.75) is 17.9 Å². The van der Waals surface area contributed by atoms with Crippen LogP contribution in [0.25, 0.3) is 0 Å². The molecule has 5 nitrogen and oxygen atoms in total. The Morgan fingerprint density at radius 1 is 1.08 bits per heavy atom. The van der Waals surface area contributed by atoms with Crippen molar-refractivity contribution in [1.82, 2.24) is 9.21 Å². The van der Waals surface area contributed by atoms with E-state index in [0.717, 1.165) is 9.87 Å². The van der Waals surface area contributed by atoms with Gasteiger partial charge in [-0.15, -0.1) is 0 Å². The first kappa shape index (κ1) is 20.4. The molecule has 0 bridgehead atoms. The van der Waals surface area contributed by atoms with Crippen molar-refractivity contribution < 1.29 is 17.6 Å². The lowest BCUT2D eigenvalue weighted by Crippen LogP contribution is -2.30. The first-order valence-electron chi connectivity index (χ1n) is 7.80. The van der Waals surface area contributed by atoms with Crippen LogP contribution >= 0.6 is 11.6 Å². The number of carbonyl (C=O) groups is 1. The van der Waals surface area contributed by atoms with Gasteiger partial charge in [0, 0.05) is 21.1 Å². The van der Waals surface area contributed by atoms with Crippen molar-refractivity contribution in [3.8, 4) is 0 Å². The fraction of sp³-hybridized carbons (Fsp3) is 0.278. The minimum absolute atomic E-state index is 0.0157. The van der Waals surface area contributed by atoms with E-state index in [4.69, 9.17) is 11.6 Å². The maximum atomic E-state index is 13.1. The molecule has 2 aromatic carbocycles. The van der Waals surface area contributed by atoms with Gasteiger partial charge < -0.3 is 4.90 Å². The Morgan fingerprint density at radius 3 is 2.19 bits per heavy atom. The number of hydrogen-bond acceptors (Lipinski definition) is 3. The molecule has 1 amide bonds. The van der Waals surface area contributed by atoms with Crippen LogP contribution in [0.2, 0.25) is 5.02 Å². The van der Waals surface area contributed by atoms with Crippen LogP contribution in [0, 0.1) is 5.82 Å². The van der Waals surface area contributed by atoms with Gasteiger partial charge in [-0.1, -0.05) is 23.7 Å². The zero-order valence-corrected chi connectivity index (χ0v) is 16.5. The van der Waals surface area contributed by atoms with E-state index in [9.17, 15) is 17.6 Å². The molecule has 1 unspecified atom stereocenters. The number of carbonyl (C=O) groups excluding carboxylic acids is 1. The largest absolute Gasteiger partial charge is 0.335 e. The van der Waals surface area contributed by atoms with Crippen molar-refractivity contribution in [3.05, 3.63) is 64.4 Å². The molecule has 8 heteroatoms. The lowest BCUT2D eigenvalue weighted by molar-refractivity contribution is 0.0742. The standard InChI is InChI=1S/C18H20ClFN2O3S/c1-12(13-5-7-14(20)8-6-13)22(4)18(23)16-11-15(9-10-17(16)19)26(24,25)21(2)3/h5-12H,1-4H3. The second-order valence-electron chi connectivity index (χ2n) is 6.07. The van der Waals surface area contributed by atoms with Gasteiger partial charge in [0.05, 0.1) is 21.5 Å². The van der Waals surface area contributed by atoms with Gasteiger partial charge >= 0.3 is 0 Å². The highest BCUT2D eigenvalue weighted by molar-refractivity contribution is 7.89. The molecule has 0 fully saturated rings. The first-order valence-corrected chi connectivity index (χ1v) is 9.62. The number of sulfonamides is 1. The van der Waals surface area contributed by atoms with Crippen molar-refractivity contribution in [2.75, 3.05) is 21.1 Å². The average molecular weight is 399 g/mol. The third kappa shape index (κ3) is 4.06. The van der Waals surface area contributed by atoms with Crippen LogP contribution in [-0.2, 0) is 10.0 Å². The fourth-order valence-electron chi connectivity index (χ4n) is 2.37. The van der Waals surface area contributed by atoms with E-state index in [-0.39, 0.29) is 27.3 Å². The molecule has 1 atom stereocenters. The zero-order chi connectivity index (χ0) is 19.6. The highest BCUT2D eigenvalue weighted by Gasteiger charge is 2.24. The van der Waals surface area contributed by atoms with E-state index in [0.29, 0.717) is 0 Å². The molecule has 2 aromatic rings. The summed E-state index contributed by atoms with van der Waals surface area (Å²) in [6, 6.07) is 9.50. The monoisotopic (exact) mass is 398 g/mol. The Hall–Kier alpha value is -1.96. The minimum Gasteiger partial charge on any atom is -0.335 e. The molecule has 0 saturated heterocycles. The lowest BCUT2D eigenvalue weighted by atomic mass is 10.1. The Morgan fingerprint density at radius 2 is 1.65 bits per heavy atom. The average Bonchev–Trinajstić information content (AvgIpc) is 2.60. The molecule has 0 aromatic heterocycles. The molecule has 0 aliphatic heterocycles. The van der Waals surface area contributed by atoms with Gasteiger partial charge in [-0.05, 0) is 42.8 Å². The molecule has 0 aliphatic carbocycles. The van der Waals surface area contributed by atoms with Crippen molar-refractivity contribution in [1.29, 1.82) is 0 Å². The van der Waals surface area contributed by atoms with Gasteiger partial charge in [0.1, 0.15) is 5.82 Å². The molecule has 0 radical (unpaired) electrons. The topological polar surface area (TPSA) is 57.7 Å². The summed E-state index contributed by atoms with van der Waals surface area (Å²) in [5, 5.41) is 0.158. The number of rotatable bonds is 5. The van der Waals surface area contributed by atoms with E-state index in [1.165, 1.54) is 49.3 Å². The van der Waals surface area contributed by atoms with Crippen LogP contribution in [0.4, 0.5) is 4.39 Å². The van der Waals surface area contributed by atoms with E-state index < -0.39 is 15.9 Å². The van der Waals surface area contributed by atoms with E-state index in [2.05, 4.69) is 0 Å². The minimum atomic E-state index is -3.69. The van der Waals surface area contributed by atoms with E-state index in [1.807, 2.05) is 0 Å².